The lowest BCUT2D eigenvalue weighted by Gasteiger charge is -2.27. The highest BCUT2D eigenvalue weighted by atomic mass is 16.6. The van der Waals surface area contributed by atoms with E-state index in [9.17, 15) is 25.0 Å². The van der Waals surface area contributed by atoms with Crippen LogP contribution >= 0.6 is 0 Å². The summed E-state index contributed by atoms with van der Waals surface area (Å²) in [5, 5.41) is 22.3. The van der Waals surface area contributed by atoms with E-state index in [-0.39, 0.29) is 30.0 Å². The summed E-state index contributed by atoms with van der Waals surface area (Å²) in [7, 11) is 0. The Morgan fingerprint density at radius 2 is 2.00 bits per heavy atom. The monoisotopic (exact) mass is 408 g/mol. The van der Waals surface area contributed by atoms with Crippen molar-refractivity contribution in [2.45, 2.75) is 19.5 Å². The topological polar surface area (TPSA) is 148 Å². The molecule has 11 heteroatoms. The number of fused-ring (bicyclic) bond motifs is 1. The minimum Gasteiger partial charge on any atom is -0.306 e. The lowest BCUT2D eigenvalue weighted by atomic mass is 10.0. The van der Waals surface area contributed by atoms with E-state index in [0.717, 1.165) is 6.07 Å². The lowest BCUT2D eigenvalue weighted by Crippen LogP contribution is -2.35. The summed E-state index contributed by atoms with van der Waals surface area (Å²) in [4.78, 5) is 46.8. The molecule has 1 aliphatic rings. The standard InChI is InChI=1S/C19H16N6O5/c26-19-15-11-23(10-13-3-4-14(24(27)28)8-17(13)25(29)30)7-5-16(15)21-18(22-19)12-2-1-6-20-9-12/h1-4,6,8-9H,5,7,10-11H2,(H,21,22,26). The van der Waals surface area contributed by atoms with Crippen molar-refractivity contribution < 1.29 is 9.85 Å². The number of benzene rings is 1. The zero-order valence-corrected chi connectivity index (χ0v) is 15.6. The van der Waals surface area contributed by atoms with Crippen LogP contribution in [0.1, 0.15) is 16.8 Å². The van der Waals surface area contributed by atoms with Crippen LogP contribution in [-0.4, -0.2) is 36.2 Å². The molecule has 0 fully saturated rings. The summed E-state index contributed by atoms with van der Waals surface area (Å²) in [6.07, 6.45) is 3.76. The van der Waals surface area contributed by atoms with Crippen molar-refractivity contribution in [3.8, 4) is 11.4 Å². The van der Waals surface area contributed by atoms with Gasteiger partial charge in [0.15, 0.2) is 0 Å². The number of nitro groups is 2. The predicted octanol–water partition coefficient (Wildman–Crippen LogP) is 2.21. The van der Waals surface area contributed by atoms with E-state index < -0.39 is 9.85 Å². The molecule has 0 bridgehead atoms. The Morgan fingerprint density at radius 3 is 2.70 bits per heavy atom. The molecule has 0 atom stereocenters. The third-order valence-corrected chi connectivity index (χ3v) is 4.95. The van der Waals surface area contributed by atoms with Gasteiger partial charge in [-0.1, -0.05) is 0 Å². The van der Waals surface area contributed by atoms with Crippen molar-refractivity contribution in [2.75, 3.05) is 6.54 Å². The van der Waals surface area contributed by atoms with Gasteiger partial charge in [-0.15, -0.1) is 0 Å². The van der Waals surface area contributed by atoms with Gasteiger partial charge in [0.1, 0.15) is 5.82 Å². The Morgan fingerprint density at radius 1 is 1.17 bits per heavy atom. The minimum atomic E-state index is -0.668. The van der Waals surface area contributed by atoms with Crippen molar-refractivity contribution in [1.29, 1.82) is 0 Å². The number of nitrogens with zero attached hydrogens (tertiary/aromatic N) is 5. The van der Waals surface area contributed by atoms with Crippen molar-refractivity contribution in [3.63, 3.8) is 0 Å². The predicted molar refractivity (Wildman–Crippen MR) is 106 cm³/mol. The average molecular weight is 408 g/mol. The van der Waals surface area contributed by atoms with E-state index in [2.05, 4.69) is 15.0 Å². The third kappa shape index (κ3) is 3.78. The summed E-state index contributed by atoms with van der Waals surface area (Å²) >= 11 is 0. The van der Waals surface area contributed by atoms with Gasteiger partial charge in [0, 0.05) is 55.6 Å². The molecule has 3 aromatic rings. The van der Waals surface area contributed by atoms with E-state index in [1.165, 1.54) is 12.1 Å². The van der Waals surface area contributed by atoms with Gasteiger partial charge in [-0.25, -0.2) is 4.98 Å². The molecular formula is C19H16N6O5. The maximum atomic E-state index is 12.6. The van der Waals surface area contributed by atoms with Crippen molar-refractivity contribution in [3.05, 3.63) is 90.1 Å². The first-order valence-electron chi connectivity index (χ1n) is 9.09. The highest BCUT2D eigenvalue weighted by Gasteiger charge is 2.25. The molecule has 0 aliphatic carbocycles. The van der Waals surface area contributed by atoms with Gasteiger partial charge in [0.25, 0.3) is 16.9 Å². The number of H-pyrrole nitrogens is 1. The molecule has 0 radical (unpaired) electrons. The fourth-order valence-corrected chi connectivity index (χ4v) is 3.47. The van der Waals surface area contributed by atoms with E-state index in [1.807, 2.05) is 4.90 Å². The molecule has 4 rings (SSSR count). The Hall–Kier alpha value is -3.99. The van der Waals surface area contributed by atoms with Gasteiger partial charge in [-0.3, -0.25) is 34.9 Å². The molecule has 0 saturated heterocycles. The van der Waals surface area contributed by atoms with Crippen LogP contribution in [-0.2, 0) is 19.5 Å². The SMILES string of the molecule is O=c1[nH]c(-c2cccnc2)nc2c1CN(Cc1ccc([N+](=O)[O-])cc1[N+](=O)[O-])CC2. The van der Waals surface area contributed by atoms with Crippen LogP contribution in [0.4, 0.5) is 11.4 Å². The Labute approximate surface area is 169 Å². The van der Waals surface area contributed by atoms with Gasteiger partial charge >= 0.3 is 0 Å². The summed E-state index contributed by atoms with van der Waals surface area (Å²) in [5.74, 6) is 0.450. The Balaban J connectivity index is 1.59. The first-order chi connectivity index (χ1) is 14.4. The molecule has 0 spiro atoms. The smallest absolute Gasteiger partial charge is 0.280 e. The van der Waals surface area contributed by atoms with Crippen molar-refractivity contribution >= 4 is 11.4 Å². The molecule has 1 aliphatic heterocycles. The van der Waals surface area contributed by atoms with E-state index in [0.29, 0.717) is 41.2 Å². The quantitative estimate of drug-likeness (QED) is 0.499. The number of nitrogens with one attached hydrogen (secondary N) is 1. The number of rotatable bonds is 5. The molecule has 11 nitrogen and oxygen atoms in total. The van der Waals surface area contributed by atoms with Crippen molar-refractivity contribution in [1.82, 2.24) is 19.9 Å². The maximum Gasteiger partial charge on any atom is 0.280 e. The zero-order valence-electron chi connectivity index (χ0n) is 15.6. The van der Waals surface area contributed by atoms with Crippen LogP contribution in [0.2, 0.25) is 0 Å². The average Bonchev–Trinajstić information content (AvgIpc) is 2.74. The van der Waals surface area contributed by atoms with Gasteiger partial charge < -0.3 is 4.98 Å². The summed E-state index contributed by atoms with van der Waals surface area (Å²) in [6.45, 7) is 1.01. The van der Waals surface area contributed by atoms with Crippen LogP contribution in [0.25, 0.3) is 11.4 Å². The Kier molecular flexibility index (Phi) is 5.02. The summed E-state index contributed by atoms with van der Waals surface area (Å²) in [6, 6.07) is 7.16. The van der Waals surface area contributed by atoms with Gasteiger partial charge in [-0.05, 0) is 18.2 Å². The lowest BCUT2D eigenvalue weighted by molar-refractivity contribution is -0.394. The second-order valence-electron chi connectivity index (χ2n) is 6.87. The number of hydrogen-bond acceptors (Lipinski definition) is 8. The van der Waals surface area contributed by atoms with Gasteiger partial charge in [-0.2, -0.15) is 0 Å². The highest BCUT2D eigenvalue weighted by molar-refractivity contribution is 5.53. The molecule has 2 aromatic heterocycles. The van der Waals surface area contributed by atoms with Gasteiger partial charge in [0.05, 0.1) is 27.2 Å². The Bertz CT molecular complexity index is 1190. The largest absolute Gasteiger partial charge is 0.306 e. The van der Waals surface area contributed by atoms with Crippen LogP contribution in [0.15, 0.2) is 47.5 Å². The highest BCUT2D eigenvalue weighted by Crippen LogP contribution is 2.27. The van der Waals surface area contributed by atoms with Crippen LogP contribution in [0.3, 0.4) is 0 Å². The fourth-order valence-electron chi connectivity index (χ4n) is 3.47. The number of nitro benzene ring substituents is 2. The number of non-ortho nitro benzene ring substituents is 1. The molecule has 0 amide bonds. The molecule has 0 unspecified atom stereocenters. The third-order valence-electron chi connectivity index (χ3n) is 4.95. The zero-order chi connectivity index (χ0) is 21.3. The molecule has 0 saturated carbocycles. The molecule has 1 aromatic carbocycles. The number of hydrogen-bond donors (Lipinski definition) is 1. The number of aromatic amines is 1. The van der Waals surface area contributed by atoms with Crippen LogP contribution < -0.4 is 5.56 Å². The molecule has 1 N–H and O–H groups in total. The van der Waals surface area contributed by atoms with Gasteiger partial charge in [0.2, 0.25) is 0 Å². The fraction of sp³-hybridized carbons (Fsp3) is 0.211. The first kappa shape index (κ1) is 19.3. The summed E-state index contributed by atoms with van der Waals surface area (Å²) < 4.78 is 0. The molecular weight excluding hydrogens is 392 g/mol. The molecule has 3 heterocycles. The molecule has 30 heavy (non-hydrogen) atoms. The van der Waals surface area contributed by atoms with E-state index >= 15 is 0 Å². The second-order valence-corrected chi connectivity index (χ2v) is 6.87. The van der Waals surface area contributed by atoms with E-state index in [4.69, 9.17) is 0 Å². The first-order valence-corrected chi connectivity index (χ1v) is 9.09. The number of aromatic nitrogens is 3. The van der Waals surface area contributed by atoms with Crippen LogP contribution in [0.5, 0.6) is 0 Å². The van der Waals surface area contributed by atoms with Crippen molar-refractivity contribution in [2.24, 2.45) is 0 Å². The second kappa shape index (κ2) is 7.79. The maximum absolute atomic E-state index is 12.6. The number of pyridine rings is 1. The van der Waals surface area contributed by atoms with Crippen LogP contribution in [0, 0.1) is 20.2 Å². The normalized spacial score (nSPS) is 13.6. The molecule has 152 valence electrons. The minimum absolute atomic E-state index is 0.192. The summed E-state index contributed by atoms with van der Waals surface area (Å²) in [5.41, 5.74) is 1.35. The van der Waals surface area contributed by atoms with E-state index in [1.54, 1.807) is 24.5 Å².